The number of hydrogen-bond donors (Lipinski definition) is 0. The molecule has 0 aliphatic rings. The van der Waals surface area contributed by atoms with Crippen molar-refractivity contribution in [3.8, 4) is 11.5 Å². The number of nitro groups is 1. The van der Waals surface area contributed by atoms with Gasteiger partial charge in [-0.1, -0.05) is 0 Å². The number of carbonyl (C=O) groups excluding carboxylic acids is 1. The van der Waals surface area contributed by atoms with Gasteiger partial charge in [-0.25, -0.2) is 4.79 Å². The van der Waals surface area contributed by atoms with Crippen LogP contribution in [-0.4, -0.2) is 31.7 Å². The van der Waals surface area contributed by atoms with Crippen molar-refractivity contribution in [2.24, 2.45) is 0 Å². The van der Waals surface area contributed by atoms with Crippen LogP contribution in [0.1, 0.15) is 12.5 Å². The number of benzene rings is 1. The van der Waals surface area contributed by atoms with E-state index >= 15 is 0 Å². The van der Waals surface area contributed by atoms with Crippen LogP contribution in [0.15, 0.2) is 18.2 Å². The highest BCUT2D eigenvalue weighted by molar-refractivity contribution is 5.88. The van der Waals surface area contributed by atoms with Gasteiger partial charge in [0.05, 0.1) is 31.3 Å². The van der Waals surface area contributed by atoms with Crippen molar-refractivity contribution >= 4 is 17.7 Å². The van der Waals surface area contributed by atoms with Crippen LogP contribution in [0.3, 0.4) is 0 Å². The molecule has 1 aromatic rings. The Morgan fingerprint density at radius 3 is 2.55 bits per heavy atom. The highest BCUT2D eigenvalue weighted by Crippen LogP contribution is 2.39. The van der Waals surface area contributed by atoms with Crippen molar-refractivity contribution in [2.75, 3.05) is 20.8 Å². The normalized spacial score (nSPS) is 10.3. The van der Waals surface area contributed by atoms with Gasteiger partial charge in [0.1, 0.15) is 0 Å². The molecule has 7 nitrogen and oxygen atoms in total. The molecule has 108 valence electrons. The minimum atomic E-state index is -0.591. The van der Waals surface area contributed by atoms with Gasteiger partial charge in [-0.05, 0) is 25.1 Å². The van der Waals surface area contributed by atoms with E-state index < -0.39 is 10.9 Å². The predicted octanol–water partition coefficient (Wildman–Crippen LogP) is 2.19. The summed E-state index contributed by atoms with van der Waals surface area (Å²) in [7, 11) is 2.69. The van der Waals surface area contributed by atoms with Gasteiger partial charge < -0.3 is 14.2 Å². The smallest absolute Gasteiger partial charge is 0.330 e. The number of nitro benzene ring substituents is 1. The first kappa shape index (κ1) is 15.5. The van der Waals surface area contributed by atoms with Crippen LogP contribution in [0.5, 0.6) is 11.5 Å². The second-order valence-corrected chi connectivity index (χ2v) is 3.58. The monoisotopic (exact) mass is 281 g/mol. The minimum absolute atomic E-state index is 0.00325. The van der Waals surface area contributed by atoms with Gasteiger partial charge in [0, 0.05) is 6.08 Å². The summed E-state index contributed by atoms with van der Waals surface area (Å²) < 4.78 is 14.7. The molecule has 0 aliphatic heterocycles. The molecule has 0 saturated heterocycles. The first-order chi connectivity index (χ1) is 9.54. The number of ether oxygens (including phenoxy) is 3. The van der Waals surface area contributed by atoms with Crippen molar-refractivity contribution in [1.29, 1.82) is 0 Å². The van der Waals surface area contributed by atoms with Crippen LogP contribution in [0, 0.1) is 10.1 Å². The molecule has 0 fully saturated rings. The molecule has 1 rings (SSSR count). The molecule has 7 heteroatoms. The zero-order valence-electron chi connectivity index (χ0n) is 11.4. The Kier molecular flexibility index (Phi) is 5.52. The van der Waals surface area contributed by atoms with E-state index in [-0.39, 0.29) is 29.4 Å². The van der Waals surface area contributed by atoms with Gasteiger partial charge in [-0.3, -0.25) is 10.1 Å². The summed E-state index contributed by atoms with van der Waals surface area (Å²) in [4.78, 5) is 21.8. The van der Waals surface area contributed by atoms with Gasteiger partial charge >= 0.3 is 11.7 Å². The van der Waals surface area contributed by atoms with Crippen LogP contribution in [0.25, 0.3) is 6.08 Å². The van der Waals surface area contributed by atoms with E-state index in [0.29, 0.717) is 0 Å². The van der Waals surface area contributed by atoms with E-state index in [1.54, 1.807) is 6.92 Å². The van der Waals surface area contributed by atoms with Gasteiger partial charge in [-0.2, -0.15) is 0 Å². The first-order valence-corrected chi connectivity index (χ1v) is 5.79. The maximum Gasteiger partial charge on any atom is 0.330 e. The van der Waals surface area contributed by atoms with Crippen molar-refractivity contribution in [1.82, 2.24) is 0 Å². The highest BCUT2D eigenvalue weighted by Gasteiger charge is 2.23. The van der Waals surface area contributed by atoms with Gasteiger partial charge in [0.15, 0.2) is 5.75 Å². The summed E-state index contributed by atoms with van der Waals surface area (Å²) in [5.74, 6) is -0.326. The molecule has 0 aliphatic carbocycles. The molecule has 1 aromatic carbocycles. The molecule has 0 aromatic heterocycles. The number of carbonyl (C=O) groups is 1. The molecule has 0 bridgehead atoms. The molecule has 0 unspecified atom stereocenters. The Morgan fingerprint density at radius 1 is 1.35 bits per heavy atom. The zero-order chi connectivity index (χ0) is 15.1. The molecular weight excluding hydrogens is 266 g/mol. The van der Waals surface area contributed by atoms with E-state index in [2.05, 4.69) is 0 Å². The lowest BCUT2D eigenvalue weighted by Crippen LogP contribution is -2.01. The number of hydrogen-bond acceptors (Lipinski definition) is 6. The third-order valence-electron chi connectivity index (χ3n) is 2.42. The Morgan fingerprint density at radius 2 is 2.05 bits per heavy atom. The Hall–Kier alpha value is -2.57. The molecule has 0 N–H and O–H groups in total. The summed E-state index contributed by atoms with van der Waals surface area (Å²) in [6.07, 6.45) is 2.43. The summed E-state index contributed by atoms with van der Waals surface area (Å²) >= 11 is 0. The number of rotatable bonds is 6. The standard InChI is InChI=1S/C13H15NO6/c1-4-20-11(15)8-6-9-5-7-10(18-2)13(19-3)12(9)14(16)17/h5-8H,4H2,1-3H3/b8-6+. The average molecular weight is 281 g/mol. The fourth-order valence-electron chi connectivity index (χ4n) is 1.60. The molecule has 0 heterocycles. The van der Waals surface area contributed by atoms with Crippen LogP contribution >= 0.6 is 0 Å². The van der Waals surface area contributed by atoms with Crippen molar-refractivity contribution in [3.05, 3.63) is 33.9 Å². The highest BCUT2D eigenvalue weighted by atomic mass is 16.6. The van der Waals surface area contributed by atoms with Crippen LogP contribution in [0.2, 0.25) is 0 Å². The van der Waals surface area contributed by atoms with Crippen LogP contribution in [0.4, 0.5) is 5.69 Å². The average Bonchev–Trinajstić information content (AvgIpc) is 2.43. The van der Waals surface area contributed by atoms with E-state index in [0.717, 1.165) is 6.08 Å². The SMILES string of the molecule is CCOC(=O)/C=C/c1ccc(OC)c(OC)c1[N+](=O)[O-]. The lowest BCUT2D eigenvalue weighted by Gasteiger charge is -2.09. The lowest BCUT2D eigenvalue weighted by molar-refractivity contribution is -0.386. The number of methoxy groups -OCH3 is 2. The molecule has 20 heavy (non-hydrogen) atoms. The van der Waals surface area contributed by atoms with Crippen molar-refractivity contribution in [2.45, 2.75) is 6.92 Å². The third-order valence-corrected chi connectivity index (χ3v) is 2.42. The lowest BCUT2D eigenvalue weighted by atomic mass is 10.1. The fraction of sp³-hybridized carbons (Fsp3) is 0.308. The van der Waals surface area contributed by atoms with Gasteiger partial charge in [0.2, 0.25) is 5.75 Å². The van der Waals surface area contributed by atoms with Crippen molar-refractivity contribution in [3.63, 3.8) is 0 Å². The maximum absolute atomic E-state index is 11.2. The summed E-state index contributed by atoms with van der Waals surface area (Å²) in [5.41, 5.74) is -0.0481. The fourth-order valence-corrected chi connectivity index (χ4v) is 1.60. The second-order valence-electron chi connectivity index (χ2n) is 3.58. The van der Waals surface area contributed by atoms with Gasteiger partial charge in [-0.15, -0.1) is 0 Å². The third kappa shape index (κ3) is 3.47. The minimum Gasteiger partial charge on any atom is -0.493 e. The summed E-state index contributed by atoms with van der Waals surface area (Å²) in [5, 5.41) is 11.2. The Labute approximate surface area is 115 Å². The first-order valence-electron chi connectivity index (χ1n) is 5.79. The van der Waals surface area contributed by atoms with Crippen LogP contribution in [-0.2, 0) is 9.53 Å². The molecule has 0 spiro atoms. The van der Waals surface area contributed by atoms with Crippen LogP contribution < -0.4 is 9.47 Å². The van der Waals surface area contributed by atoms with E-state index in [4.69, 9.17) is 14.2 Å². The van der Waals surface area contributed by atoms with E-state index in [1.165, 1.54) is 32.4 Å². The number of esters is 1. The van der Waals surface area contributed by atoms with Gasteiger partial charge in [0.25, 0.3) is 0 Å². The summed E-state index contributed by atoms with van der Waals surface area (Å²) in [6.45, 7) is 1.90. The zero-order valence-corrected chi connectivity index (χ0v) is 11.4. The molecule has 0 atom stereocenters. The largest absolute Gasteiger partial charge is 0.493 e. The summed E-state index contributed by atoms with van der Waals surface area (Å²) in [6, 6.07) is 2.99. The van der Waals surface area contributed by atoms with Crippen molar-refractivity contribution < 1.29 is 23.9 Å². The van der Waals surface area contributed by atoms with E-state index in [9.17, 15) is 14.9 Å². The number of nitrogens with zero attached hydrogens (tertiary/aromatic N) is 1. The molecule has 0 amide bonds. The Bertz CT molecular complexity index is 538. The topological polar surface area (TPSA) is 87.9 Å². The maximum atomic E-state index is 11.2. The Balaban J connectivity index is 3.26. The molecule has 0 saturated carbocycles. The van der Waals surface area contributed by atoms with E-state index in [1.807, 2.05) is 0 Å². The predicted molar refractivity (Wildman–Crippen MR) is 71.9 cm³/mol. The second kappa shape index (κ2) is 7.13. The molecular formula is C13H15NO6. The molecule has 0 radical (unpaired) electrons. The quantitative estimate of drug-likeness (QED) is 0.344.